The second-order valence-corrected chi connectivity index (χ2v) is 8.78. The first-order valence-electron chi connectivity index (χ1n) is 11.3. The third-order valence-corrected chi connectivity index (χ3v) is 6.18. The first kappa shape index (κ1) is 20.9. The van der Waals surface area contributed by atoms with Crippen LogP contribution in [0.15, 0.2) is 4.99 Å². The van der Waals surface area contributed by atoms with E-state index in [-0.39, 0.29) is 0 Å². The van der Waals surface area contributed by atoms with E-state index >= 15 is 0 Å². The van der Waals surface area contributed by atoms with E-state index in [9.17, 15) is 0 Å². The standard InChI is InChI=1S/C21H41N5O/c1-3-22-21(23-14-18(2)15-25-10-12-27-13-11-25)24-20-8-9-26(17-20)16-19-6-4-5-7-19/h18-20H,3-17H2,1-2H3,(H2,22,23,24). The Hall–Kier alpha value is -0.850. The molecule has 3 rings (SSSR count). The van der Waals surface area contributed by atoms with Crippen molar-refractivity contribution in [1.29, 1.82) is 0 Å². The van der Waals surface area contributed by atoms with Crippen LogP contribution in [0.25, 0.3) is 0 Å². The van der Waals surface area contributed by atoms with Gasteiger partial charge in [0, 0.05) is 58.4 Å². The van der Waals surface area contributed by atoms with E-state index in [4.69, 9.17) is 9.73 Å². The summed E-state index contributed by atoms with van der Waals surface area (Å²) in [5.41, 5.74) is 0. The second-order valence-electron chi connectivity index (χ2n) is 8.78. The zero-order chi connectivity index (χ0) is 18.9. The lowest BCUT2D eigenvalue weighted by Gasteiger charge is -2.28. The monoisotopic (exact) mass is 379 g/mol. The highest BCUT2D eigenvalue weighted by Crippen LogP contribution is 2.26. The minimum absolute atomic E-state index is 0.541. The molecule has 6 heteroatoms. The van der Waals surface area contributed by atoms with Gasteiger partial charge < -0.3 is 20.3 Å². The molecule has 3 fully saturated rings. The number of morpholine rings is 1. The zero-order valence-electron chi connectivity index (χ0n) is 17.6. The normalized spacial score (nSPS) is 27.2. The second kappa shape index (κ2) is 11.2. The molecule has 1 saturated carbocycles. The summed E-state index contributed by atoms with van der Waals surface area (Å²) in [4.78, 5) is 10.1. The highest BCUT2D eigenvalue weighted by Gasteiger charge is 2.26. The Morgan fingerprint density at radius 1 is 1.11 bits per heavy atom. The van der Waals surface area contributed by atoms with E-state index in [2.05, 4.69) is 34.3 Å². The van der Waals surface area contributed by atoms with Crippen molar-refractivity contribution in [2.45, 2.75) is 52.0 Å². The van der Waals surface area contributed by atoms with Crippen molar-refractivity contribution in [3.05, 3.63) is 0 Å². The topological polar surface area (TPSA) is 52.1 Å². The average molecular weight is 380 g/mol. The molecular formula is C21H41N5O. The number of guanidine groups is 1. The largest absolute Gasteiger partial charge is 0.379 e. The Labute approximate surface area is 166 Å². The molecule has 0 aromatic carbocycles. The van der Waals surface area contributed by atoms with Crippen LogP contribution in [0, 0.1) is 11.8 Å². The molecule has 3 aliphatic rings. The molecule has 156 valence electrons. The molecule has 0 amide bonds. The molecule has 2 atom stereocenters. The van der Waals surface area contributed by atoms with Crippen LogP contribution in [0.5, 0.6) is 0 Å². The quantitative estimate of drug-likeness (QED) is 0.497. The summed E-state index contributed by atoms with van der Waals surface area (Å²) >= 11 is 0. The minimum Gasteiger partial charge on any atom is -0.379 e. The van der Waals surface area contributed by atoms with Gasteiger partial charge in [0.15, 0.2) is 5.96 Å². The maximum atomic E-state index is 5.44. The summed E-state index contributed by atoms with van der Waals surface area (Å²) in [6.07, 6.45) is 7.01. The molecule has 2 heterocycles. The van der Waals surface area contributed by atoms with Crippen molar-refractivity contribution in [2.24, 2.45) is 16.8 Å². The van der Waals surface area contributed by atoms with Crippen LogP contribution in [-0.4, -0.2) is 87.4 Å². The van der Waals surface area contributed by atoms with Gasteiger partial charge in [0.05, 0.1) is 13.2 Å². The number of nitrogens with one attached hydrogen (secondary N) is 2. The summed E-state index contributed by atoms with van der Waals surface area (Å²) in [7, 11) is 0. The maximum absolute atomic E-state index is 5.44. The molecule has 2 unspecified atom stereocenters. The van der Waals surface area contributed by atoms with Crippen molar-refractivity contribution in [2.75, 3.05) is 65.6 Å². The molecule has 2 saturated heterocycles. The zero-order valence-corrected chi connectivity index (χ0v) is 17.6. The smallest absolute Gasteiger partial charge is 0.191 e. The molecule has 6 nitrogen and oxygen atoms in total. The molecule has 2 aliphatic heterocycles. The fourth-order valence-electron chi connectivity index (χ4n) is 4.72. The van der Waals surface area contributed by atoms with E-state index in [0.29, 0.717) is 12.0 Å². The molecular weight excluding hydrogens is 338 g/mol. The first-order valence-corrected chi connectivity index (χ1v) is 11.3. The minimum atomic E-state index is 0.541. The Morgan fingerprint density at radius 2 is 1.89 bits per heavy atom. The number of ether oxygens (including phenoxy) is 1. The van der Waals surface area contributed by atoms with Crippen LogP contribution < -0.4 is 10.6 Å². The molecule has 2 N–H and O–H groups in total. The van der Waals surface area contributed by atoms with Gasteiger partial charge in [0.25, 0.3) is 0 Å². The third kappa shape index (κ3) is 7.24. The molecule has 0 radical (unpaired) electrons. The molecule has 27 heavy (non-hydrogen) atoms. The summed E-state index contributed by atoms with van der Waals surface area (Å²) in [5, 5.41) is 7.14. The van der Waals surface area contributed by atoms with Gasteiger partial charge >= 0.3 is 0 Å². The summed E-state index contributed by atoms with van der Waals surface area (Å²) in [5.74, 6) is 2.52. The fraction of sp³-hybridized carbons (Fsp3) is 0.952. The van der Waals surface area contributed by atoms with Gasteiger partial charge in [-0.2, -0.15) is 0 Å². The molecule has 0 aromatic heterocycles. The van der Waals surface area contributed by atoms with Crippen LogP contribution in [0.4, 0.5) is 0 Å². The highest BCUT2D eigenvalue weighted by atomic mass is 16.5. The first-order chi connectivity index (χ1) is 13.2. The van der Waals surface area contributed by atoms with E-state index < -0.39 is 0 Å². The fourth-order valence-corrected chi connectivity index (χ4v) is 4.72. The Kier molecular flexibility index (Phi) is 8.68. The third-order valence-electron chi connectivity index (χ3n) is 6.18. The predicted molar refractivity (Wildman–Crippen MR) is 112 cm³/mol. The van der Waals surface area contributed by atoms with Crippen molar-refractivity contribution >= 4 is 5.96 Å². The van der Waals surface area contributed by atoms with Crippen LogP contribution in [0.3, 0.4) is 0 Å². The highest BCUT2D eigenvalue weighted by molar-refractivity contribution is 5.80. The van der Waals surface area contributed by atoms with Crippen molar-refractivity contribution < 1.29 is 4.74 Å². The van der Waals surface area contributed by atoms with Gasteiger partial charge in [-0.05, 0) is 38.0 Å². The van der Waals surface area contributed by atoms with Gasteiger partial charge in [-0.25, -0.2) is 0 Å². The summed E-state index contributed by atoms with van der Waals surface area (Å²) < 4.78 is 5.44. The van der Waals surface area contributed by atoms with E-state index in [0.717, 1.165) is 57.8 Å². The van der Waals surface area contributed by atoms with Gasteiger partial charge in [-0.15, -0.1) is 0 Å². The molecule has 1 aliphatic carbocycles. The lowest BCUT2D eigenvalue weighted by molar-refractivity contribution is 0.0323. The SMILES string of the molecule is CCNC(=NCC(C)CN1CCOCC1)NC1CCN(CC2CCCC2)C1. The van der Waals surface area contributed by atoms with Gasteiger partial charge in [-0.1, -0.05) is 19.8 Å². The Balaban J connectivity index is 1.40. The van der Waals surface area contributed by atoms with Gasteiger partial charge in [0.2, 0.25) is 0 Å². The molecule has 0 spiro atoms. The number of hydrogen-bond acceptors (Lipinski definition) is 4. The van der Waals surface area contributed by atoms with Crippen LogP contribution in [0.1, 0.15) is 46.0 Å². The number of aliphatic imine (C=N–C) groups is 1. The number of hydrogen-bond donors (Lipinski definition) is 2. The van der Waals surface area contributed by atoms with Gasteiger partial charge in [-0.3, -0.25) is 9.89 Å². The van der Waals surface area contributed by atoms with Crippen molar-refractivity contribution in [3.8, 4) is 0 Å². The van der Waals surface area contributed by atoms with Crippen LogP contribution >= 0.6 is 0 Å². The molecule has 0 aromatic rings. The lowest BCUT2D eigenvalue weighted by Crippen LogP contribution is -2.45. The number of nitrogens with zero attached hydrogens (tertiary/aromatic N) is 3. The lowest BCUT2D eigenvalue weighted by atomic mass is 10.1. The Bertz CT molecular complexity index is 446. The van der Waals surface area contributed by atoms with Crippen LogP contribution in [-0.2, 0) is 4.74 Å². The maximum Gasteiger partial charge on any atom is 0.191 e. The average Bonchev–Trinajstić information content (AvgIpc) is 3.33. The summed E-state index contributed by atoms with van der Waals surface area (Å²) in [6.45, 7) is 15.0. The van der Waals surface area contributed by atoms with E-state index in [1.807, 2.05) is 0 Å². The van der Waals surface area contributed by atoms with E-state index in [1.165, 1.54) is 51.7 Å². The molecule has 0 bridgehead atoms. The predicted octanol–water partition coefficient (Wildman–Crippen LogP) is 1.77. The van der Waals surface area contributed by atoms with Crippen molar-refractivity contribution in [3.63, 3.8) is 0 Å². The van der Waals surface area contributed by atoms with Gasteiger partial charge in [0.1, 0.15) is 0 Å². The van der Waals surface area contributed by atoms with Crippen molar-refractivity contribution in [1.82, 2.24) is 20.4 Å². The number of rotatable bonds is 8. The Morgan fingerprint density at radius 3 is 2.63 bits per heavy atom. The van der Waals surface area contributed by atoms with E-state index in [1.54, 1.807) is 0 Å². The number of likely N-dealkylation sites (tertiary alicyclic amines) is 1. The van der Waals surface area contributed by atoms with Crippen LogP contribution in [0.2, 0.25) is 0 Å². The summed E-state index contributed by atoms with van der Waals surface area (Å²) in [6, 6.07) is 0.541.